The van der Waals surface area contributed by atoms with Crippen molar-refractivity contribution in [1.29, 1.82) is 0 Å². The summed E-state index contributed by atoms with van der Waals surface area (Å²) in [5.41, 5.74) is 7.25. The molecular formula is C13H16FN3O. The van der Waals surface area contributed by atoms with Gasteiger partial charge in [0.1, 0.15) is 11.5 Å². The van der Waals surface area contributed by atoms with Crippen molar-refractivity contribution in [3.05, 3.63) is 47.5 Å². The van der Waals surface area contributed by atoms with Crippen LogP contribution in [0.4, 0.5) is 4.39 Å². The Hall–Kier alpha value is -1.88. The molecule has 0 aliphatic rings. The molecule has 5 heteroatoms. The molecule has 2 aromatic rings. The van der Waals surface area contributed by atoms with Crippen LogP contribution < -0.4 is 10.5 Å². The molecule has 96 valence electrons. The van der Waals surface area contributed by atoms with Crippen LogP contribution in [0.15, 0.2) is 30.5 Å². The molecular weight excluding hydrogens is 233 g/mol. The molecule has 2 N–H and O–H groups in total. The van der Waals surface area contributed by atoms with E-state index in [1.807, 2.05) is 6.92 Å². The van der Waals surface area contributed by atoms with Gasteiger partial charge in [-0.3, -0.25) is 4.68 Å². The Balaban J connectivity index is 2.48. The van der Waals surface area contributed by atoms with Gasteiger partial charge in [-0.05, 0) is 13.0 Å². The van der Waals surface area contributed by atoms with E-state index in [1.165, 1.54) is 6.07 Å². The Morgan fingerprint density at radius 2 is 2.17 bits per heavy atom. The van der Waals surface area contributed by atoms with Gasteiger partial charge in [0.05, 0.1) is 19.3 Å². The average molecular weight is 249 g/mol. The Morgan fingerprint density at radius 1 is 1.44 bits per heavy atom. The number of aromatic nitrogens is 2. The Kier molecular flexibility index (Phi) is 3.62. The molecule has 1 atom stereocenters. The Bertz CT molecular complexity index is 517. The van der Waals surface area contributed by atoms with Gasteiger partial charge in [-0.25, -0.2) is 4.39 Å². The highest BCUT2D eigenvalue weighted by Crippen LogP contribution is 2.29. The van der Waals surface area contributed by atoms with E-state index in [1.54, 1.807) is 36.2 Å². The van der Waals surface area contributed by atoms with E-state index in [4.69, 9.17) is 10.5 Å². The Labute approximate surface area is 105 Å². The van der Waals surface area contributed by atoms with Gasteiger partial charge < -0.3 is 10.5 Å². The van der Waals surface area contributed by atoms with Crippen molar-refractivity contribution in [2.24, 2.45) is 5.73 Å². The van der Waals surface area contributed by atoms with Crippen LogP contribution in [-0.2, 0) is 6.54 Å². The second-order valence-electron chi connectivity index (χ2n) is 3.91. The van der Waals surface area contributed by atoms with Gasteiger partial charge in [0, 0.05) is 12.1 Å². The summed E-state index contributed by atoms with van der Waals surface area (Å²) < 4.78 is 20.7. The molecule has 0 spiro atoms. The molecule has 0 aliphatic carbocycles. The van der Waals surface area contributed by atoms with Crippen LogP contribution in [0, 0.1) is 5.82 Å². The maximum Gasteiger partial charge on any atom is 0.161 e. The lowest BCUT2D eigenvalue weighted by molar-refractivity contribution is 0.404. The van der Waals surface area contributed by atoms with E-state index in [2.05, 4.69) is 5.10 Å². The summed E-state index contributed by atoms with van der Waals surface area (Å²) in [6.07, 6.45) is 1.60. The van der Waals surface area contributed by atoms with Crippen LogP contribution in [0.1, 0.15) is 24.2 Å². The van der Waals surface area contributed by atoms with Crippen LogP contribution in [0.5, 0.6) is 5.75 Å². The molecule has 0 amide bonds. The maximum absolute atomic E-state index is 13.8. The fourth-order valence-electron chi connectivity index (χ4n) is 1.98. The molecule has 0 radical (unpaired) electrons. The van der Waals surface area contributed by atoms with Gasteiger partial charge in [0.25, 0.3) is 0 Å². The summed E-state index contributed by atoms with van der Waals surface area (Å²) in [4.78, 5) is 0. The third-order valence-electron chi connectivity index (χ3n) is 2.90. The zero-order chi connectivity index (χ0) is 13.1. The Morgan fingerprint density at radius 3 is 2.78 bits per heavy atom. The van der Waals surface area contributed by atoms with Crippen LogP contribution in [0.2, 0.25) is 0 Å². The summed E-state index contributed by atoms with van der Waals surface area (Å²) in [5.74, 6) is 0.253. The van der Waals surface area contributed by atoms with Crippen LogP contribution in [-0.4, -0.2) is 16.9 Å². The van der Waals surface area contributed by atoms with Crippen molar-refractivity contribution in [2.75, 3.05) is 7.11 Å². The maximum atomic E-state index is 13.8. The predicted molar refractivity (Wildman–Crippen MR) is 66.9 cm³/mol. The zero-order valence-corrected chi connectivity index (χ0v) is 10.4. The standard InChI is InChI=1S/C13H16FN3O/c1-3-17-13(11(18-2)8-16-17)12(15)9-6-4-5-7-10(9)14/h4-8,12H,3,15H2,1-2H3. The lowest BCUT2D eigenvalue weighted by Gasteiger charge is -2.16. The van der Waals surface area contributed by atoms with E-state index in [9.17, 15) is 4.39 Å². The molecule has 18 heavy (non-hydrogen) atoms. The average Bonchev–Trinajstić information content (AvgIpc) is 2.81. The lowest BCUT2D eigenvalue weighted by Crippen LogP contribution is -2.19. The summed E-state index contributed by atoms with van der Waals surface area (Å²) >= 11 is 0. The van der Waals surface area contributed by atoms with Crippen molar-refractivity contribution in [1.82, 2.24) is 9.78 Å². The molecule has 1 aromatic carbocycles. The van der Waals surface area contributed by atoms with Crippen LogP contribution in [0.25, 0.3) is 0 Å². The molecule has 0 saturated carbocycles. The smallest absolute Gasteiger partial charge is 0.161 e. The number of nitrogens with two attached hydrogens (primary N) is 1. The van der Waals surface area contributed by atoms with Gasteiger partial charge >= 0.3 is 0 Å². The van der Waals surface area contributed by atoms with Gasteiger partial charge in [0.15, 0.2) is 5.75 Å². The van der Waals surface area contributed by atoms with E-state index in [-0.39, 0.29) is 5.82 Å². The van der Waals surface area contributed by atoms with Crippen LogP contribution in [0.3, 0.4) is 0 Å². The summed E-state index contributed by atoms with van der Waals surface area (Å²) in [6.45, 7) is 2.60. The normalized spacial score (nSPS) is 12.4. The van der Waals surface area contributed by atoms with Gasteiger partial charge in [-0.2, -0.15) is 5.10 Å². The first kappa shape index (κ1) is 12.6. The summed E-state index contributed by atoms with van der Waals surface area (Å²) in [6, 6.07) is 5.88. The molecule has 4 nitrogen and oxygen atoms in total. The quantitative estimate of drug-likeness (QED) is 0.902. The highest BCUT2D eigenvalue weighted by Gasteiger charge is 2.21. The van der Waals surface area contributed by atoms with Crippen molar-refractivity contribution < 1.29 is 9.13 Å². The molecule has 1 unspecified atom stereocenters. The first-order chi connectivity index (χ1) is 8.69. The lowest BCUT2D eigenvalue weighted by atomic mass is 10.0. The second kappa shape index (κ2) is 5.18. The number of methoxy groups -OCH3 is 1. The van der Waals surface area contributed by atoms with Gasteiger partial charge in [0.2, 0.25) is 0 Å². The van der Waals surface area contributed by atoms with Crippen LogP contribution >= 0.6 is 0 Å². The summed E-state index contributed by atoms with van der Waals surface area (Å²) in [7, 11) is 1.55. The molecule has 0 aliphatic heterocycles. The number of hydrogen-bond donors (Lipinski definition) is 1. The van der Waals surface area contributed by atoms with Crippen molar-refractivity contribution in [3.63, 3.8) is 0 Å². The minimum atomic E-state index is -0.594. The van der Waals surface area contributed by atoms with Crippen molar-refractivity contribution in [3.8, 4) is 5.75 Å². The van der Waals surface area contributed by atoms with Crippen molar-refractivity contribution in [2.45, 2.75) is 19.5 Å². The molecule has 0 saturated heterocycles. The molecule has 1 heterocycles. The van der Waals surface area contributed by atoms with E-state index >= 15 is 0 Å². The fourth-order valence-corrected chi connectivity index (χ4v) is 1.98. The SMILES string of the molecule is CCn1ncc(OC)c1C(N)c1ccccc1F. The molecule has 1 aromatic heterocycles. The highest BCUT2D eigenvalue weighted by molar-refractivity contribution is 5.36. The number of hydrogen-bond acceptors (Lipinski definition) is 3. The number of nitrogens with zero attached hydrogens (tertiary/aromatic N) is 2. The number of benzene rings is 1. The van der Waals surface area contributed by atoms with E-state index in [0.29, 0.717) is 23.6 Å². The van der Waals surface area contributed by atoms with Gasteiger partial charge in [-0.15, -0.1) is 0 Å². The first-order valence-electron chi connectivity index (χ1n) is 5.78. The molecule has 0 bridgehead atoms. The zero-order valence-electron chi connectivity index (χ0n) is 10.4. The molecule has 2 rings (SSSR count). The summed E-state index contributed by atoms with van der Waals surface area (Å²) in [5, 5.41) is 4.17. The fraction of sp³-hybridized carbons (Fsp3) is 0.308. The third kappa shape index (κ3) is 2.09. The number of ether oxygens (including phenoxy) is 1. The number of aryl methyl sites for hydroxylation is 1. The first-order valence-corrected chi connectivity index (χ1v) is 5.78. The minimum absolute atomic E-state index is 0.323. The van der Waals surface area contributed by atoms with E-state index < -0.39 is 6.04 Å². The second-order valence-corrected chi connectivity index (χ2v) is 3.91. The monoisotopic (exact) mass is 249 g/mol. The van der Waals surface area contributed by atoms with E-state index in [0.717, 1.165) is 0 Å². The highest BCUT2D eigenvalue weighted by atomic mass is 19.1. The third-order valence-corrected chi connectivity index (χ3v) is 2.90. The minimum Gasteiger partial charge on any atom is -0.493 e. The largest absolute Gasteiger partial charge is 0.493 e. The van der Waals surface area contributed by atoms with Gasteiger partial charge in [-0.1, -0.05) is 18.2 Å². The topological polar surface area (TPSA) is 53.1 Å². The predicted octanol–water partition coefficient (Wildman–Crippen LogP) is 2.10. The molecule has 0 fully saturated rings. The number of rotatable bonds is 4. The number of halogens is 1. The van der Waals surface area contributed by atoms with Crippen molar-refractivity contribution >= 4 is 0 Å².